The van der Waals surface area contributed by atoms with Gasteiger partial charge in [0.05, 0.1) is 37.4 Å². The number of carbonyl (C=O) groups is 1. The van der Waals surface area contributed by atoms with E-state index >= 15 is 0 Å². The molecule has 10 nitrogen and oxygen atoms in total. The highest BCUT2D eigenvalue weighted by molar-refractivity contribution is 7.89. The molecule has 4 rings (SSSR count). The summed E-state index contributed by atoms with van der Waals surface area (Å²) in [6, 6.07) is 20.8. The molecular weight excluding hydrogens is 580 g/mol. The molecule has 1 aliphatic rings. The Morgan fingerprint density at radius 1 is 0.932 bits per heavy atom. The molecule has 44 heavy (non-hydrogen) atoms. The molecule has 2 amide bonds. The molecule has 0 aliphatic carbocycles. The molecule has 0 aromatic heterocycles. The van der Waals surface area contributed by atoms with Crippen LogP contribution < -0.4 is 5.32 Å². The number of ether oxygens (including phenoxy) is 3. The Morgan fingerprint density at radius 2 is 1.59 bits per heavy atom. The van der Waals surface area contributed by atoms with E-state index in [0.29, 0.717) is 13.1 Å². The fraction of sp³-hybridized carbons (Fsp3) is 0.485. The van der Waals surface area contributed by atoms with Gasteiger partial charge in [0.2, 0.25) is 10.0 Å². The van der Waals surface area contributed by atoms with Crippen molar-refractivity contribution in [2.45, 2.75) is 30.8 Å². The zero-order valence-electron chi connectivity index (χ0n) is 26.1. The van der Waals surface area contributed by atoms with Gasteiger partial charge in [-0.2, -0.15) is 4.31 Å². The van der Waals surface area contributed by atoms with Crippen LogP contribution in [0.25, 0.3) is 10.8 Å². The molecule has 1 heterocycles. The highest BCUT2D eigenvalue weighted by atomic mass is 32.2. The Morgan fingerprint density at radius 3 is 2.27 bits per heavy atom. The summed E-state index contributed by atoms with van der Waals surface area (Å²) < 4.78 is 43.8. The number of nitrogens with zero attached hydrogens (tertiary/aromatic N) is 3. The van der Waals surface area contributed by atoms with Crippen molar-refractivity contribution in [2.24, 2.45) is 0 Å². The van der Waals surface area contributed by atoms with Crippen LogP contribution >= 0.6 is 0 Å². The Bertz CT molecular complexity index is 1420. The molecule has 3 aromatic carbocycles. The topological polar surface area (TPSA) is 101 Å². The Labute approximate surface area is 261 Å². The second-order valence-electron chi connectivity index (χ2n) is 11.0. The van der Waals surface area contributed by atoms with E-state index in [1.807, 2.05) is 30.0 Å². The monoisotopic (exact) mass is 626 g/mol. The number of amides is 2. The van der Waals surface area contributed by atoms with E-state index < -0.39 is 10.0 Å². The van der Waals surface area contributed by atoms with E-state index in [-0.39, 0.29) is 43.3 Å². The maximum absolute atomic E-state index is 13.7. The van der Waals surface area contributed by atoms with Gasteiger partial charge < -0.3 is 24.4 Å². The fourth-order valence-corrected chi connectivity index (χ4v) is 6.83. The molecule has 1 saturated heterocycles. The second kappa shape index (κ2) is 16.9. The minimum absolute atomic E-state index is 0.158. The molecule has 1 unspecified atom stereocenters. The first-order valence-corrected chi connectivity index (χ1v) is 16.7. The minimum Gasteiger partial charge on any atom is -0.383 e. The molecule has 1 N–H and O–H groups in total. The van der Waals surface area contributed by atoms with E-state index in [9.17, 15) is 13.2 Å². The SMILES string of the molecule is COCCN(CCOC)S(=O)(=O)c1ccc(CN(CCCN2CCOCC2)C(=O)NC(C)c2cccc3ccccc23)cc1. The van der Waals surface area contributed by atoms with Crippen molar-refractivity contribution in [2.75, 3.05) is 79.9 Å². The summed E-state index contributed by atoms with van der Waals surface area (Å²) in [6.07, 6.45) is 0.816. The fourth-order valence-electron chi connectivity index (χ4n) is 5.42. The predicted octanol–water partition coefficient (Wildman–Crippen LogP) is 4.12. The van der Waals surface area contributed by atoms with Gasteiger partial charge >= 0.3 is 6.03 Å². The van der Waals surface area contributed by atoms with Crippen LogP contribution in [-0.2, 0) is 30.8 Å². The summed E-state index contributed by atoms with van der Waals surface area (Å²) in [4.78, 5) is 18.1. The first kappa shape index (κ1) is 33.8. The van der Waals surface area contributed by atoms with E-state index in [0.717, 1.165) is 61.2 Å². The van der Waals surface area contributed by atoms with Crippen molar-refractivity contribution in [3.63, 3.8) is 0 Å². The van der Waals surface area contributed by atoms with Crippen LogP contribution in [-0.4, -0.2) is 108 Å². The van der Waals surface area contributed by atoms with Crippen molar-refractivity contribution in [1.82, 2.24) is 19.4 Å². The van der Waals surface area contributed by atoms with Crippen LogP contribution in [0.3, 0.4) is 0 Å². The zero-order valence-corrected chi connectivity index (χ0v) is 26.9. The van der Waals surface area contributed by atoms with Crippen molar-refractivity contribution in [3.8, 4) is 0 Å². The number of benzene rings is 3. The van der Waals surface area contributed by atoms with Crippen LogP contribution in [0.15, 0.2) is 71.6 Å². The largest absolute Gasteiger partial charge is 0.383 e. The van der Waals surface area contributed by atoms with E-state index in [4.69, 9.17) is 14.2 Å². The standard InChI is InChI=1S/C33H46N4O6S/c1-27(31-11-6-9-29-8-4-5-10-32(29)31)34-33(38)36(17-7-16-35-18-24-43-25-19-35)26-28-12-14-30(15-13-28)44(39,40)37(20-22-41-2)21-23-42-3/h4-6,8-15,27H,7,16-26H2,1-3H3,(H,34,38). The van der Waals surface area contributed by atoms with Gasteiger partial charge in [0.25, 0.3) is 0 Å². The Kier molecular flexibility index (Phi) is 13.0. The number of morpholine rings is 1. The minimum atomic E-state index is -3.73. The summed E-state index contributed by atoms with van der Waals surface area (Å²) in [5, 5.41) is 5.46. The molecule has 1 aliphatic heterocycles. The molecule has 0 bridgehead atoms. The van der Waals surface area contributed by atoms with Gasteiger partial charge in [-0.05, 0) is 47.4 Å². The summed E-state index contributed by atoms with van der Waals surface area (Å²) >= 11 is 0. The summed E-state index contributed by atoms with van der Waals surface area (Å²) in [5.41, 5.74) is 1.91. The highest BCUT2D eigenvalue weighted by Crippen LogP contribution is 2.24. The third kappa shape index (κ3) is 9.23. The van der Waals surface area contributed by atoms with Gasteiger partial charge in [-0.15, -0.1) is 0 Å². The van der Waals surface area contributed by atoms with Crippen molar-refractivity contribution in [1.29, 1.82) is 0 Å². The molecule has 0 saturated carbocycles. The number of nitrogens with one attached hydrogen (secondary N) is 1. The van der Waals surface area contributed by atoms with E-state index in [1.165, 1.54) is 4.31 Å². The average molecular weight is 627 g/mol. The van der Waals surface area contributed by atoms with E-state index in [1.54, 1.807) is 38.5 Å². The number of hydrogen-bond acceptors (Lipinski definition) is 7. The van der Waals surface area contributed by atoms with E-state index in [2.05, 4.69) is 34.5 Å². The Hall–Kier alpha value is -3.06. The van der Waals surface area contributed by atoms with Crippen molar-refractivity contribution in [3.05, 3.63) is 77.9 Å². The molecule has 11 heteroatoms. The molecule has 240 valence electrons. The lowest BCUT2D eigenvalue weighted by molar-refractivity contribution is 0.0364. The smallest absolute Gasteiger partial charge is 0.318 e. The van der Waals surface area contributed by atoms with Crippen LogP contribution in [0, 0.1) is 0 Å². The lowest BCUT2D eigenvalue weighted by Crippen LogP contribution is -2.43. The number of sulfonamides is 1. The quantitative estimate of drug-likeness (QED) is 0.255. The Balaban J connectivity index is 1.48. The van der Waals surface area contributed by atoms with Crippen LogP contribution in [0.5, 0.6) is 0 Å². The summed E-state index contributed by atoms with van der Waals surface area (Å²) in [5.74, 6) is 0. The lowest BCUT2D eigenvalue weighted by atomic mass is 10.00. The first-order valence-electron chi connectivity index (χ1n) is 15.2. The van der Waals surface area contributed by atoms with Crippen LogP contribution in [0.4, 0.5) is 4.79 Å². The zero-order chi connectivity index (χ0) is 31.4. The van der Waals surface area contributed by atoms with Crippen molar-refractivity contribution < 1.29 is 27.4 Å². The third-order valence-electron chi connectivity index (χ3n) is 7.95. The van der Waals surface area contributed by atoms with Gasteiger partial charge in [-0.3, -0.25) is 4.90 Å². The number of methoxy groups -OCH3 is 2. The van der Waals surface area contributed by atoms with Gasteiger partial charge in [0.15, 0.2) is 0 Å². The maximum atomic E-state index is 13.7. The van der Waals surface area contributed by atoms with Gasteiger partial charge in [-0.25, -0.2) is 13.2 Å². The number of fused-ring (bicyclic) bond motifs is 1. The van der Waals surface area contributed by atoms with Crippen molar-refractivity contribution >= 4 is 26.8 Å². The molecule has 0 radical (unpaired) electrons. The number of rotatable bonds is 16. The first-order chi connectivity index (χ1) is 21.3. The molecular formula is C33H46N4O6S. The van der Waals surface area contributed by atoms with Gasteiger partial charge in [0.1, 0.15) is 0 Å². The second-order valence-corrected chi connectivity index (χ2v) is 12.9. The predicted molar refractivity (Wildman–Crippen MR) is 172 cm³/mol. The summed E-state index contributed by atoms with van der Waals surface area (Å²) in [6.45, 7) is 8.09. The average Bonchev–Trinajstić information content (AvgIpc) is 3.04. The number of hydrogen-bond donors (Lipinski definition) is 1. The van der Waals surface area contributed by atoms with Crippen LogP contribution in [0.1, 0.15) is 30.5 Å². The maximum Gasteiger partial charge on any atom is 0.318 e. The highest BCUT2D eigenvalue weighted by Gasteiger charge is 2.25. The molecule has 1 fully saturated rings. The molecule has 0 spiro atoms. The summed E-state index contributed by atoms with van der Waals surface area (Å²) in [7, 11) is -0.647. The normalized spacial score (nSPS) is 15.0. The lowest BCUT2D eigenvalue weighted by Gasteiger charge is -2.29. The number of urea groups is 1. The molecule has 3 aromatic rings. The molecule has 1 atom stereocenters. The van der Waals surface area contributed by atoms with Crippen LogP contribution in [0.2, 0.25) is 0 Å². The van der Waals surface area contributed by atoms with Gasteiger partial charge in [0, 0.05) is 60.0 Å². The number of carbonyl (C=O) groups excluding carboxylic acids is 1. The van der Waals surface area contributed by atoms with Gasteiger partial charge in [-0.1, -0.05) is 54.6 Å². The third-order valence-corrected chi connectivity index (χ3v) is 9.86.